The zero-order valence-corrected chi connectivity index (χ0v) is 24.5. The molecule has 1 unspecified atom stereocenters. The summed E-state index contributed by atoms with van der Waals surface area (Å²) in [5.41, 5.74) is 8.01. The summed E-state index contributed by atoms with van der Waals surface area (Å²) < 4.78 is 1.54. The van der Waals surface area contributed by atoms with Gasteiger partial charge in [-0.1, -0.05) is 17.7 Å². The number of piperazine rings is 1. The number of nitrogens with zero attached hydrogens (tertiary/aromatic N) is 5. The maximum atomic E-state index is 13.3. The first-order valence-electron chi connectivity index (χ1n) is 13.6. The molecule has 1 atom stereocenters. The van der Waals surface area contributed by atoms with Gasteiger partial charge in [0.05, 0.1) is 23.7 Å². The van der Waals surface area contributed by atoms with Gasteiger partial charge in [-0.25, -0.2) is 10.0 Å². The van der Waals surface area contributed by atoms with Crippen LogP contribution in [0.5, 0.6) is 0 Å². The van der Waals surface area contributed by atoms with Gasteiger partial charge >= 0.3 is 0 Å². The summed E-state index contributed by atoms with van der Waals surface area (Å²) in [4.78, 5) is 32.7. The van der Waals surface area contributed by atoms with E-state index in [0.717, 1.165) is 73.3 Å². The van der Waals surface area contributed by atoms with Gasteiger partial charge in [-0.15, -0.1) is 0 Å². The Balaban J connectivity index is 1.21. The zero-order chi connectivity index (χ0) is 27.6. The molecule has 2 aromatic rings. The van der Waals surface area contributed by atoms with Crippen molar-refractivity contribution in [3.05, 3.63) is 84.9 Å². The molecule has 39 heavy (non-hydrogen) atoms. The number of carbonyl (C=O) groups excluding carboxylic acids is 1. The number of hydrogen-bond acceptors (Lipinski definition) is 6. The topological polar surface area (TPSA) is 91.6 Å². The van der Waals surface area contributed by atoms with Crippen LogP contribution in [0.15, 0.2) is 47.3 Å². The molecular formula is C28H35BrClN6O3+. The first kappa shape index (κ1) is 28.0. The van der Waals surface area contributed by atoms with Crippen molar-refractivity contribution in [2.24, 2.45) is 5.92 Å². The van der Waals surface area contributed by atoms with Gasteiger partial charge in [0, 0.05) is 61.1 Å². The molecule has 11 heteroatoms. The van der Waals surface area contributed by atoms with Crippen molar-refractivity contribution in [2.75, 3.05) is 46.3 Å². The number of likely N-dealkylation sites (tertiary alicyclic amines) is 1. The van der Waals surface area contributed by atoms with Crippen molar-refractivity contribution in [1.29, 1.82) is 0 Å². The van der Waals surface area contributed by atoms with Crippen LogP contribution < -0.4 is 5.43 Å². The summed E-state index contributed by atoms with van der Waals surface area (Å²) in [6.07, 6.45) is 8.46. The molecule has 0 saturated carbocycles. The summed E-state index contributed by atoms with van der Waals surface area (Å²) in [5, 5.41) is 11.3. The Labute approximate surface area is 242 Å². The first-order chi connectivity index (χ1) is 18.7. The van der Waals surface area contributed by atoms with Gasteiger partial charge in [0.2, 0.25) is 5.91 Å². The van der Waals surface area contributed by atoms with Crippen molar-refractivity contribution < 1.29 is 14.3 Å². The lowest BCUT2D eigenvalue weighted by atomic mass is 9.92. The minimum absolute atomic E-state index is 0.0470. The number of rotatable bonds is 6. The summed E-state index contributed by atoms with van der Waals surface area (Å²) in [6, 6.07) is 8.44. The molecule has 1 N–H and O–H groups in total. The van der Waals surface area contributed by atoms with Gasteiger partial charge < -0.3 is 4.90 Å². The van der Waals surface area contributed by atoms with Gasteiger partial charge in [0.25, 0.3) is 6.20 Å². The lowest BCUT2D eigenvalue weighted by molar-refractivity contribution is -0.951. The van der Waals surface area contributed by atoms with Crippen LogP contribution in [0.2, 0.25) is 5.02 Å². The molecule has 0 radical (unpaired) electrons. The minimum Gasteiger partial charge on any atom is -0.340 e. The molecule has 1 amide bonds. The molecule has 1 aliphatic carbocycles. The number of nitrogens with one attached hydrogen (secondary N) is 1. The number of carbonyl (C=O) groups is 1. The second kappa shape index (κ2) is 11.9. The van der Waals surface area contributed by atoms with E-state index in [2.05, 4.69) is 44.5 Å². The van der Waals surface area contributed by atoms with E-state index >= 15 is 0 Å². The highest BCUT2D eigenvalue weighted by Crippen LogP contribution is 2.38. The second-order valence-electron chi connectivity index (χ2n) is 11.1. The molecule has 3 aliphatic rings. The molecule has 2 fully saturated rings. The summed E-state index contributed by atoms with van der Waals surface area (Å²) in [5.74, 6) is 0.573. The zero-order valence-electron chi connectivity index (χ0n) is 22.2. The van der Waals surface area contributed by atoms with Crippen LogP contribution in [-0.4, -0.2) is 76.5 Å². The monoisotopic (exact) mass is 617 g/mol. The molecule has 3 heterocycles. The van der Waals surface area contributed by atoms with E-state index in [9.17, 15) is 14.9 Å². The number of hydrogen-bond donors (Lipinski definition) is 1. The van der Waals surface area contributed by atoms with E-state index < -0.39 is 4.92 Å². The molecule has 1 aromatic carbocycles. The summed E-state index contributed by atoms with van der Waals surface area (Å²) in [6.45, 7) is 4.67. The Morgan fingerprint density at radius 2 is 1.92 bits per heavy atom. The van der Waals surface area contributed by atoms with Crippen LogP contribution in [0.3, 0.4) is 0 Å². The lowest BCUT2D eigenvalue weighted by Gasteiger charge is -2.41. The summed E-state index contributed by atoms with van der Waals surface area (Å²) >= 11 is 9.96. The molecule has 5 rings (SSSR count). The summed E-state index contributed by atoms with van der Waals surface area (Å²) in [7, 11) is 2.03. The Morgan fingerprint density at radius 3 is 2.64 bits per heavy atom. The Bertz CT molecular complexity index is 1200. The number of benzene rings is 1. The number of piperidine rings is 1. The average Bonchev–Trinajstić information content (AvgIpc) is 3.06. The number of aromatic nitrogens is 1. The Hall–Kier alpha value is -2.53. The standard InChI is InChI=1S/C28H35BrClN6O3/c1-36(32-8-9-35(38)39)14-6-20(7-15-36)16-26(37)33-10-12-34(13-11-33)28-25-5-4-24(30)18-21(25)2-3-22-17-23(29)19-31-27(22)28/h4-5,8-9,17-20,28,32H,2-3,6-7,10-16H2,1H3/q+1. The molecule has 0 spiro atoms. The van der Waals surface area contributed by atoms with Crippen LogP contribution in [0.25, 0.3) is 0 Å². The van der Waals surface area contributed by atoms with E-state index in [1.807, 2.05) is 24.2 Å². The van der Waals surface area contributed by atoms with E-state index in [1.54, 1.807) is 0 Å². The van der Waals surface area contributed by atoms with E-state index in [0.29, 0.717) is 30.0 Å². The number of pyridine rings is 1. The third-order valence-corrected chi connectivity index (χ3v) is 9.10. The van der Waals surface area contributed by atoms with Crippen molar-refractivity contribution in [2.45, 2.75) is 38.1 Å². The van der Waals surface area contributed by atoms with Crippen molar-refractivity contribution >= 4 is 33.4 Å². The fourth-order valence-electron chi connectivity index (χ4n) is 6.19. The van der Waals surface area contributed by atoms with Gasteiger partial charge in [-0.05, 0) is 69.6 Å². The average molecular weight is 619 g/mol. The van der Waals surface area contributed by atoms with Gasteiger partial charge in [-0.3, -0.25) is 24.8 Å². The second-order valence-corrected chi connectivity index (χ2v) is 12.4. The minimum atomic E-state index is -0.469. The Kier molecular flexibility index (Phi) is 8.56. The molecule has 1 aromatic heterocycles. The normalized spacial score (nSPS) is 25.6. The fraction of sp³-hybridized carbons (Fsp3) is 0.500. The molecule has 2 saturated heterocycles. The first-order valence-corrected chi connectivity index (χ1v) is 14.7. The SMILES string of the molecule is C[N+]1(NC=C[N+](=O)[O-])CCC(CC(=O)N2CCN(C3c4ccc(Cl)cc4CCc4cc(Br)cnc43)CC2)CC1. The Morgan fingerprint density at radius 1 is 1.21 bits per heavy atom. The van der Waals surface area contributed by atoms with Crippen LogP contribution in [0.4, 0.5) is 0 Å². The molecule has 9 nitrogen and oxygen atoms in total. The van der Waals surface area contributed by atoms with Crippen LogP contribution in [0, 0.1) is 16.0 Å². The van der Waals surface area contributed by atoms with Gasteiger partial charge in [0.1, 0.15) is 19.3 Å². The maximum Gasteiger partial charge on any atom is 0.255 e. The molecule has 0 bridgehead atoms. The largest absolute Gasteiger partial charge is 0.340 e. The third kappa shape index (κ3) is 6.62. The smallest absolute Gasteiger partial charge is 0.255 e. The van der Waals surface area contributed by atoms with Crippen LogP contribution in [0.1, 0.15) is 47.7 Å². The van der Waals surface area contributed by atoms with Gasteiger partial charge in [-0.2, -0.15) is 0 Å². The number of fused-ring (bicyclic) bond motifs is 2. The van der Waals surface area contributed by atoms with E-state index in [1.165, 1.54) is 22.9 Å². The number of amides is 1. The van der Waals surface area contributed by atoms with Crippen LogP contribution >= 0.6 is 27.5 Å². The van der Waals surface area contributed by atoms with E-state index in [4.69, 9.17) is 16.6 Å². The van der Waals surface area contributed by atoms with Crippen LogP contribution in [-0.2, 0) is 17.6 Å². The third-order valence-electron chi connectivity index (χ3n) is 8.43. The number of aryl methyl sites for hydroxylation is 2. The highest BCUT2D eigenvalue weighted by Gasteiger charge is 2.35. The quantitative estimate of drug-likeness (QED) is 0.295. The van der Waals surface area contributed by atoms with Gasteiger partial charge in [0.15, 0.2) is 0 Å². The number of halogens is 2. The fourth-order valence-corrected chi connectivity index (χ4v) is 6.76. The van der Waals surface area contributed by atoms with Crippen molar-refractivity contribution in [1.82, 2.24) is 20.2 Å². The molecule has 208 valence electrons. The van der Waals surface area contributed by atoms with E-state index in [-0.39, 0.29) is 11.9 Å². The number of quaternary nitrogens is 1. The molecular weight excluding hydrogens is 584 g/mol. The van der Waals surface area contributed by atoms with Crippen molar-refractivity contribution in [3.63, 3.8) is 0 Å². The maximum absolute atomic E-state index is 13.3. The number of nitro groups is 1. The molecule has 2 aliphatic heterocycles. The highest BCUT2D eigenvalue weighted by molar-refractivity contribution is 9.10. The predicted octanol–water partition coefficient (Wildman–Crippen LogP) is 4.33. The van der Waals surface area contributed by atoms with Crippen molar-refractivity contribution in [3.8, 4) is 0 Å². The predicted molar refractivity (Wildman–Crippen MR) is 153 cm³/mol. The highest BCUT2D eigenvalue weighted by atomic mass is 79.9. The lowest BCUT2D eigenvalue weighted by Crippen LogP contribution is -2.57.